The minimum absolute atomic E-state index is 0.213. The molecule has 0 atom stereocenters. The van der Waals surface area contributed by atoms with Gasteiger partial charge in [-0.15, -0.1) is 0 Å². The summed E-state index contributed by atoms with van der Waals surface area (Å²) in [5.74, 6) is 0.332. The molecule has 0 aliphatic heterocycles. The van der Waals surface area contributed by atoms with Crippen LogP contribution in [0.25, 0.3) is 0 Å². The third kappa shape index (κ3) is 5.42. The number of halogens is 1. The molecule has 1 aromatic rings. The molecule has 0 saturated carbocycles. The normalized spacial score (nSPS) is 9.12. The number of hydrogen-bond acceptors (Lipinski definition) is 2. The third-order valence-electron chi connectivity index (χ3n) is 1.80. The average Bonchev–Trinajstić information content (AvgIpc) is 2.14. The number of amides is 1. The van der Waals surface area contributed by atoms with Gasteiger partial charge in [0.2, 0.25) is 0 Å². The number of aryl methyl sites for hydroxylation is 2. The Labute approximate surface area is 110 Å². The second-order valence-electron chi connectivity index (χ2n) is 3.57. The van der Waals surface area contributed by atoms with Crippen LogP contribution in [0.2, 0.25) is 0 Å². The lowest BCUT2D eigenvalue weighted by Gasteiger charge is -2.02. The molecule has 0 aliphatic rings. The van der Waals surface area contributed by atoms with Gasteiger partial charge in [-0.05, 0) is 37.1 Å². The topological polar surface area (TPSA) is 40.5 Å². The molecule has 0 heterocycles. The fourth-order valence-electron chi connectivity index (χ4n) is 0.923. The first-order chi connectivity index (χ1) is 7.25. The van der Waals surface area contributed by atoms with Crippen LogP contribution in [0.15, 0.2) is 16.6 Å². The van der Waals surface area contributed by atoms with E-state index in [1.165, 1.54) is 4.90 Å². The van der Waals surface area contributed by atoms with E-state index in [4.69, 9.17) is 5.11 Å². The lowest BCUT2D eigenvalue weighted by atomic mass is 10.1. The standard InChI is InChI=1S/C8H9BrO.C3H7NOS/c1-5-3-7(10)4-6(2)8(5)9;1-4(2)3(5)6/h3-4,10H,1-2H3;1-2H3,(H,5,6). The van der Waals surface area contributed by atoms with Crippen molar-refractivity contribution < 1.29 is 9.90 Å². The minimum atomic E-state index is -0.213. The highest BCUT2D eigenvalue weighted by molar-refractivity contribution is 9.10. The van der Waals surface area contributed by atoms with Gasteiger partial charge in [0, 0.05) is 18.6 Å². The summed E-state index contributed by atoms with van der Waals surface area (Å²) in [4.78, 5) is 11.3. The maximum absolute atomic E-state index is 9.93. The van der Waals surface area contributed by atoms with Crippen molar-refractivity contribution >= 4 is 33.8 Å². The first-order valence-corrected chi connectivity index (χ1v) is 5.85. The Kier molecular flexibility index (Phi) is 6.52. The summed E-state index contributed by atoms with van der Waals surface area (Å²) < 4.78 is 1.07. The highest BCUT2D eigenvalue weighted by Gasteiger charge is 1.99. The Morgan fingerprint density at radius 1 is 1.31 bits per heavy atom. The zero-order valence-electron chi connectivity index (χ0n) is 9.78. The maximum atomic E-state index is 9.93. The third-order valence-corrected chi connectivity index (χ3v) is 3.45. The van der Waals surface area contributed by atoms with Crippen molar-refractivity contribution in [3.63, 3.8) is 0 Å². The summed E-state index contributed by atoms with van der Waals surface area (Å²) in [6.07, 6.45) is 0. The molecule has 0 saturated heterocycles. The van der Waals surface area contributed by atoms with Crippen molar-refractivity contribution in [1.29, 1.82) is 0 Å². The minimum Gasteiger partial charge on any atom is -0.508 e. The Balaban J connectivity index is 0.000000325. The van der Waals surface area contributed by atoms with E-state index in [1.807, 2.05) is 13.8 Å². The van der Waals surface area contributed by atoms with Crippen LogP contribution in [0.3, 0.4) is 0 Å². The van der Waals surface area contributed by atoms with Gasteiger partial charge in [0.25, 0.3) is 5.24 Å². The Bertz CT molecular complexity index is 357. The van der Waals surface area contributed by atoms with Gasteiger partial charge in [0.05, 0.1) is 0 Å². The number of nitrogens with zero attached hydrogens (tertiary/aromatic N) is 1. The van der Waals surface area contributed by atoms with Gasteiger partial charge in [-0.3, -0.25) is 4.79 Å². The molecule has 0 radical (unpaired) electrons. The van der Waals surface area contributed by atoms with Crippen LogP contribution in [0, 0.1) is 13.8 Å². The molecule has 0 aliphatic carbocycles. The Hall–Kier alpha value is -0.680. The van der Waals surface area contributed by atoms with Crippen LogP contribution in [-0.4, -0.2) is 29.3 Å². The highest BCUT2D eigenvalue weighted by Crippen LogP contribution is 2.25. The van der Waals surface area contributed by atoms with Crippen molar-refractivity contribution in [2.24, 2.45) is 0 Å². The molecule has 1 amide bonds. The number of carbonyl (C=O) groups excluding carboxylic acids is 1. The van der Waals surface area contributed by atoms with E-state index in [0.29, 0.717) is 5.75 Å². The predicted octanol–water partition coefficient (Wildman–Crippen LogP) is 3.37. The molecule has 0 spiro atoms. The lowest BCUT2D eigenvalue weighted by molar-refractivity contribution is 0.241. The number of benzene rings is 1. The van der Waals surface area contributed by atoms with Crippen LogP contribution in [-0.2, 0) is 0 Å². The molecule has 1 aromatic carbocycles. The van der Waals surface area contributed by atoms with E-state index in [-0.39, 0.29) is 5.24 Å². The van der Waals surface area contributed by atoms with Gasteiger partial charge >= 0.3 is 0 Å². The van der Waals surface area contributed by atoms with Gasteiger partial charge in [-0.25, -0.2) is 0 Å². The molecular formula is C11H16BrNO2S. The number of phenolic OH excluding ortho intramolecular Hbond substituents is 1. The monoisotopic (exact) mass is 305 g/mol. The quantitative estimate of drug-likeness (QED) is 0.722. The van der Waals surface area contributed by atoms with Gasteiger partial charge < -0.3 is 10.0 Å². The SMILES string of the molecule is CN(C)C(=O)S.Cc1cc(O)cc(C)c1Br. The summed E-state index contributed by atoms with van der Waals surface area (Å²) in [7, 11) is 3.30. The molecule has 0 fully saturated rings. The lowest BCUT2D eigenvalue weighted by Crippen LogP contribution is -2.13. The van der Waals surface area contributed by atoms with Crippen molar-refractivity contribution in [2.45, 2.75) is 13.8 Å². The van der Waals surface area contributed by atoms with E-state index in [2.05, 4.69) is 28.6 Å². The van der Waals surface area contributed by atoms with Crippen molar-refractivity contribution in [3.8, 4) is 5.75 Å². The molecule has 5 heteroatoms. The molecule has 90 valence electrons. The number of thiol groups is 1. The summed E-state index contributed by atoms with van der Waals surface area (Å²) in [5, 5.41) is 8.88. The first-order valence-electron chi connectivity index (χ1n) is 4.61. The molecule has 0 unspecified atom stereocenters. The average molecular weight is 306 g/mol. The number of aromatic hydroxyl groups is 1. The highest BCUT2D eigenvalue weighted by atomic mass is 79.9. The van der Waals surface area contributed by atoms with Crippen molar-refractivity contribution in [3.05, 3.63) is 27.7 Å². The van der Waals surface area contributed by atoms with E-state index < -0.39 is 0 Å². The summed E-state index contributed by atoms with van der Waals surface area (Å²) in [5.41, 5.74) is 2.13. The van der Waals surface area contributed by atoms with E-state index in [9.17, 15) is 4.79 Å². The number of carbonyl (C=O) groups is 1. The summed E-state index contributed by atoms with van der Waals surface area (Å²) >= 11 is 6.88. The van der Waals surface area contributed by atoms with Crippen molar-refractivity contribution in [1.82, 2.24) is 4.90 Å². The smallest absolute Gasteiger partial charge is 0.278 e. The molecule has 1 rings (SSSR count). The van der Waals surface area contributed by atoms with Gasteiger partial charge in [0.15, 0.2) is 0 Å². The van der Waals surface area contributed by atoms with Crippen LogP contribution in [0.5, 0.6) is 5.75 Å². The van der Waals surface area contributed by atoms with E-state index in [1.54, 1.807) is 26.2 Å². The first kappa shape index (κ1) is 15.3. The number of hydrogen-bond donors (Lipinski definition) is 2. The Morgan fingerprint density at radius 2 is 1.62 bits per heavy atom. The zero-order chi connectivity index (χ0) is 12.9. The Morgan fingerprint density at radius 3 is 1.88 bits per heavy atom. The van der Waals surface area contributed by atoms with Crippen molar-refractivity contribution in [2.75, 3.05) is 14.1 Å². The van der Waals surface area contributed by atoms with Crippen LogP contribution >= 0.6 is 28.6 Å². The van der Waals surface area contributed by atoms with Crippen LogP contribution < -0.4 is 0 Å². The largest absolute Gasteiger partial charge is 0.508 e. The number of phenols is 1. The molecule has 0 aromatic heterocycles. The van der Waals surface area contributed by atoms with Crippen LogP contribution in [0.1, 0.15) is 11.1 Å². The second kappa shape index (κ2) is 6.81. The maximum Gasteiger partial charge on any atom is 0.278 e. The number of rotatable bonds is 0. The van der Waals surface area contributed by atoms with Gasteiger partial charge in [-0.2, -0.15) is 0 Å². The fraction of sp³-hybridized carbons (Fsp3) is 0.364. The fourth-order valence-corrected chi connectivity index (χ4v) is 1.15. The zero-order valence-corrected chi connectivity index (χ0v) is 12.3. The van der Waals surface area contributed by atoms with Gasteiger partial charge in [0.1, 0.15) is 5.75 Å². The van der Waals surface area contributed by atoms with E-state index >= 15 is 0 Å². The molecule has 3 nitrogen and oxygen atoms in total. The second-order valence-corrected chi connectivity index (χ2v) is 4.75. The van der Waals surface area contributed by atoms with Gasteiger partial charge in [-0.1, -0.05) is 28.6 Å². The molecular weight excluding hydrogens is 290 g/mol. The van der Waals surface area contributed by atoms with E-state index in [0.717, 1.165) is 15.6 Å². The molecule has 0 bridgehead atoms. The predicted molar refractivity (Wildman–Crippen MR) is 73.3 cm³/mol. The summed E-state index contributed by atoms with van der Waals surface area (Å²) in [6, 6.07) is 3.47. The van der Waals surface area contributed by atoms with Crippen LogP contribution in [0.4, 0.5) is 4.79 Å². The molecule has 16 heavy (non-hydrogen) atoms. The molecule has 1 N–H and O–H groups in total. The summed E-state index contributed by atoms with van der Waals surface area (Å²) in [6.45, 7) is 3.91.